The highest BCUT2D eigenvalue weighted by Gasteiger charge is 2.54. The molecule has 1 fully saturated rings. The first-order chi connectivity index (χ1) is 17.0. The largest absolute Gasteiger partial charge is 0.450 e. The molecule has 13 nitrogen and oxygen atoms in total. The van der Waals surface area contributed by atoms with Gasteiger partial charge >= 0.3 is 17.6 Å². The third kappa shape index (κ3) is 6.96. The maximum absolute atomic E-state index is 12.9. The Bertz CT molecular complexity index is 1050. The van der Waals surface area contributed by atoms with Crippen molar-refractivity contribution in [3.05, 3.63) is 11.3 Å². The first kappa shape index (κ1) is 27.9. The van der Waals surface area contributed by atoms with Gasteiger partial charge in [-0.05, 0) is 34.7 Å². The molecule has 3 heterocycles. The van der Waals surface area contributed by atoms with Crippen molar-refractivity contribution in [1.82, 2.24) is 35.7 Å². The summed E-state index contributed by atoms with van der Waals surface area (Å²) in [7, 11) is 1.63. The van der Waals surface area contributed by atoms with Crippen molar-refractivity contribution in [2.24, 2.45) is 7.05 Å². The van der Waals surface area contributed by atoms with Crippen LogP contribution in [0.1, 0.15) is 6.92 Å². The molecule has 198 valence electrons. The van der Waals surface area contributed by atoms with Gasteiger partial charge in [-0.2, -0.15) is 13.2 Å². The van der Waals surface area contributed by atoms with Crippen molar-refractivity contribution in [2.45, 2.75) is 29.0 Å². The molecular weight excluding hydrogens is 551 g/mol. The lowest BCUT2D eigenvalue weighted by Gasteiger charge is -2.49. The summed E-state index contributed by atoms with van der Waals surface area (Å²) in [5, 5.41) is 15.3. The summed E-state index contributed by atoms with van der Waals surface area (Å²) in [6.07, 6.45) is -0.804. The number of carbonyl (C=O) groups excluding carboxylic acids is 4. The number of hydrogen-bond acceptors (Lipinski definition) is 12. The highest BCUT2D eigenvalue weighted by Crippen LogP contribution is 2.42. The van der Waals surface area contributed by atoms with E-state index in [0.29, 0.717) is 10.7 Å². The van der Waals surface area contributed by atoms with Crippen molar-refractivity contribution in [3.63, 3.8) is 0 Å². The van der Waals surface area contributed by atoms with E-state index in [2.05, 4.69) is 30.9 Å². The SMILES string of the molecule is CCOC(=O)NCOC(=O)C1=C(CSc2nnnn2C)CS[C@@H]2C(NC(=O)CSC(F)(F)F)C(=O)N12. The molecule has 1 saturated heterocycles. The maximum Gasteiger partial charge on any atom is 0.442 e. The normalized spacial score (nSPS) is 19.4. The van der Waals surface area contributed by atoms with Crippen molar-refractivity contribution in [3.8, 4) is 0 Å². The minimum Gasteiger partial charge on any atom is -0.450 e. The molecule has 2 aliphatic heterocycles. The minimum atomic E-state index is -4.59. The first-order valence-corrected chi connectivity index (χ1v) is 13.1. The Morgan fingerprint density at radius 3 is 2.67 bits per heavy atom. The number of fused-ring (bicyclic) bond motifs is 1. The number of aryl methyl sites for hydroxylation is 1. The lowest BCUT2D eigenvalue weighted by atomic mass is 10.0. The summed E-state index contributed by atoms with van der Waals surface area (Å²) in [5.41, 5.74) is -4.15. The summed E-state index contributed by atoms with van der Waals surface area (Å²) < 4.78 is 48.3. The minimum absolute atomic E-state index is 0.0767. The predicted molar refractivity (Wildman–Crippen MR) is 121 cm³/mol. The van der Waals surface area contributed by atoms with Crippen LogP contribution >= 0.6 is 35.3 Å². The molecule has 0 spiro atoms. The third-order valence-electron chi connectivity index (χ3n) is 4.58. The average Bonchev–Trinajstić information content (AvgIpc) is 3.23. The number of rotatable bonds is 10. The highest BCUT2D eigenvalue weighted by molar-refractivity contribution is 8.01. The number of ether oxygens (including phenoxy) is 2. The summed E-state index contributed by atoms with van der Waals surface area (Å²) in [5.74, 6) is -2.97. The van der Waals surface area contributed by atoms with Gasteiger partial charge in [-0.25, -0.2) is 14.3 Å². The number of tetrazole rings is 1. The quantitative estimate of drug-likeness (QED) is 0.173. The molecule has 19 heteroatoms. The molecule has 1 aromatic heterocycles. The van der Waals surface area contributed by atoms with Gasteiger partial charge in [0, 0.05) is 18.6 Å². The Morgan fingerprint density at radius 1 is 1.28 bits per heavy atom. The van der Waals surface area contributed by atoms with Crippen LogP contribution in [0.5, 0.6) is 0 Å². The van der Waals surface area contributed by atoms with E-state index in [1.165, 1.54) is 28.2 Å². The average molecular weight is 572 g/mol. The van der Waals surface area contributed by atoms with Crippen molar-refractivity contribution < 1.29 is 41.8 Å². The number of nitrogens with one attached hydrogen (secondary N) is 2. The topological polar surface area (TPSA) is 158 Å². The van der Waals surface area contributed by atoms with Crippen LogP contribution in [0.15, 0.2) is 16.4 Å². The zero-order chi connectivity index (χ0) is 26.5. The van der Waals surface area contributed by atoms with Gasteiger partial charge in [-0.15, -0.1) is 16.9 Å². The van der Waals surface area contributed by atoms with E-state index in [4.69, 9.17) is 4.74 Å². The lowest BCUT2D eigenvalue weighted by Crippen LogP contribution is -2.70. The number of aromatic nitrogens is 4. The van der Waals surface area contributed by atoms with Crippen LogP contribution in [-0.4, -0.2) is 96.5 Å². The second-order valence-electron chi connectivity index (χ2n) is 6.99. The number of halogens is 3. The second kappa shape index (κ2) is 12.0. The zero-order valence-corrected chi connectivity index (χ0v) is 21.2. The zero-order valence-electron chi connectivity index (χ0n) is 18.7. The van der Waals surface area contributed by atoms with Crippen LogP contribution in [-0.2, 0) is 30.9 Å². The van der Waals surface area contributed by atoms with Gasteiger partial charge in [0.15, 0.2) is 6.73 Å². The summed E-state index contributed by atoms with van der Waals surface area (Å²) >= 11 is 1.92. The Morgan fingerprint density at radius 2 is 2.03 bits per heavy atom. The number of alkyl halides is 3. The fraction of sp³-hybridized carbons (Fsp3) is 0.588. The molecule has 3 amide bonds. The van der Waals surface area contributed by atoms with Crippen molar-refractivity contribution in [1.29, 1.82) is 0 Å². The van der Waals surface area contributed by atoms with E-state index in [1.807, 2.05) is 0 Å². The van der Waals surface area contributed by atoms with Crippen LogP contribution in [0.3, 0.4) is 0 Å². The molecular formula is C17H20F3N7O6S3. The van der Waals surface area contributed by atoms with Gasteiger partial charge in [-0.3, -0.25) is 19.8 Å². The number of nitrogens with zero attached hydrogens (tertiary/aromatic N) is 5. The summed E-state index contributed by atoms with van der Waals surface area (Å²) in [6.45, 7) is 1.18. The molecule has 1 aromatic rings. The highest BCUT2D eigenvalue weighted by atomic mass is 32.2. The van der Waals surface area contributed by atoms with E-state index in [-0.39, 0.29) is 23.8 Å². The number of esters is 1. The number of amides is 3. The smallest absolute Gasteiger partial charge is 0.442 e. The van der Waals surface area contributed by atoms with Crippen LogP contribution < -0.4 is 10.6 Å². The number of carbonyl (C=O) groups is 4. The number of β-lactam (4-membered cyclic amide) rings is 1. The third-order valence-corrected chi connectivity index (χ3v) is 7.75. The van der Waals surface area contributed by atoms with Gasteiger partial charge in [-0.1, -0.05) is 11.8 Å². The first-order valence-electron chi connectivity index (χ1n) is 10.1. The molecule has 0 radical (unpaired) electrons. The van der Waals surface area contributed by atoms with E-state index in [1.54, 1.807) is 14.0 Å². The molecule has 36 heavy (non-hydrogen) atoms. The second-order valence-corrected chi connectivity index (χ2v) is 10.1. The van der Waals surface area contributed by atoms with Crippen molar-refractivity contribution >= 4 is 59.2 Å². The Balaban J connectivity index is 1.72. The molecule has 2 N–H and O–H groups in total. The number of alkyl carbamates (subject to hydrolysis) is 1. The van der Waals surface area contributed by atoms with Gasteiger partial charge in [0.05, 0.1) is 12.4 Å². The molecule has 3 rings (SSSR count). The van der Waals surface area contributed by atoms with Crippen LogP contribution in [0.2, 0.25) is 0 Å². The molecule has 0 saturated carbocycles. The molecule has 2 aliphatic rings. The van der Waals surface area contributed by atoms with Gasteiger partial charge in [0.2, 0.25) is 11.1 Å². The van der Waals surface area contributed by atoms with Gasteiger partial charge in [0.25, 0.3) is 5.91 Å². The Labute approximate surface area is 214 Å². The van der Waals surface area contributed by atoms with Gasteiger partial charge in [0.1, 0.15) is 17.1 Å². The summed E-state index contributed by atoms with van der Waals surface area (Å²) in [4.78, 5) is 50.2. The Kier molecular flexibility index (Phi) is 9.34. The number of thioether (sulfide) groups is 3. The number of hydrogen-bond donors (Lipinski definition) is 2. The fourth-order valence-corrected chi connectivity index (χ4v) is 5.76. The van der Waals surface area contributed by atoms with E-state index < -0.39 is 65.0 Å². The molecule has 0 aliphatic carbocycles. The van der Waals surface area contributed by atoms with Crippen LogP contribution in [0, 0.1) is 0 Å². The molecule has 0 bridgehead atoms. The van der Waals surface area contributed by atoms with Crippen LogP contribution in [0.4, 0.5) is 18.0 Å². The fourth-order valence-electron chi connectivity index (χ4n) is 3.05. The van der Waals surface area contributed by atoms with E-state index in [9.17, 15) is 32.3 Å². The predicted octanol–water partition coefficient (Wildman–Crippen LogP) is 0.456. The standard InChI is InChI=1S/C17H20F3N7O6S3/c1-3-32-16(31)21-7-33-14(30)11-8(5-35-15-23-24-25-26(15)2)4-34-13-10(12(29)27(11)13)22-9(28)6-36-17(18,19)20/h10,13H,3-7H2,1-2H3,(H,21,31)(H,22,28)/t10?,13-/m1/s1. The van der Waals surface area contributed by atoms with E-state index in [0.717, 1.165) is 4.90 Å². The van der Waals surface area contributed by atoms with Crippen LogP contribution in [0.25, 0.3) is 0 Å². The Hall–Kier alpha value is -2.67. The monoisotopic (exact) mass is 571 g/mol. The maximum atomic E-state index is 12.9. The molecule has 0 aromatic carbocycles. The molecule has 2 atom stereocenters. The van der Waals surface area contributed by atoms with E-state index >= 15 is 0 Å². The van der Waals surface area contributed by atoms with Gasteiger partial charge < -0.3 is 14.8 Å². The summed E-state index contributed by atoms with van der Waals surface area (Å²) in [6, 6.07) is -1.10. The molecule has 1 unspecified atom stereocenters. The lowest BCUT2D eigenvalue weighted by molar-refractivity contribution is -0.153. The van der Waals surface area contributed by atoms with Crippen molar-refractivity contribution in [2.75, 3.05) is 30.6 Å².